The van der Waals surface area contributed by atoms with Crippen LogP contribution in [0.1, 0.15) is 35.2 Å². The Morgan fingerprint density at radius 3 is 2.46 bits per heavy atom. The fraction of sp³-hybridized carbons (Fsp3) is 0.304. The van der Waals surface area contributed by atoms with Gasteiger partial charge in [-0.05, 0) is 61.7 Å². The molecule has 35 heavy (non-hydrogen) atoms. The third-order valence-electron chi connectivity index (χ3n) is 5.37. The summed E-state index contributed by atoms with van der Waals surface area (Å²) >= 11 is 5.93. The van der Waals surface area contributed by atoms with E-state index in [9.17, 15) is 27.6 Å². The number of benzene rings is 2. The molecule has 0 radical (unpaired) electrons. The van der Waals surface area contributed by atoms with Gasteiger partial charge in [0.05, 0.1) is 6.04 Å². The van der Waals surface area contributed by atoms with Crippen molar-refractivity contribution in [1.29, 1.82) is 0 Å². The molecule has 1 fully saturated rings. The van der Waals surface area contributed by atoms with Gasteiger partial charge >= 0.3 is 18.1 Å². The fourth-order valence-corrected chi connectivity index (χ4v) is 3.77. The number of urea groups is 1. The first-order valence-corrected chi connectivity index (χ1v) is 11.1. The molecule has 1 atom stereocenters. The molecule has 0 aliphatic carbocycles. The number of rotatable bonds is 5. The van der Waals surface area contributed by atoms with Gasteiger partial charge in [-0.2, -0.15) is 18.2 Å². The van der Waals surface area contributed by atoms with E-state index < -0.39 is 17.9 Å². The molecule has 3 rings (SSSR count). The number of piperidine rings is 1. The van der Waals surface area contributed by atoms with E-state index in [-0.39, 0.29) is 30.1 Å². The third-order valence-corrected chi connectivity index (χ3v) is 5.60. The van der Waals surface area contributed by atoms with Gasteiger partial charge in [-0.15, -0.1) is 0 Å². The number of nitrogens with two attached hydrogens (primary N) is 1. The van der Waals surface area contributed by atoms with Crippen molar-refractivity contribution in [2.24, 2.45) is 10.7 Å². The topological polar surface area (TPSA) is 117 Å². The molecule has 2 aromatic carbocycles. The first kappa shape index (κ1) is 26.0. The Morgan fingerprint density at radius 1 is 1.09 bits per heavy atom. The van der Waals surface area contributed by atoms with Crippen molar-refractivity contribution in [2.75, 3.05) is 18.4 Å². The first-order chi connectivity index (χ1) is 16.5. The number of halogens is 4. The zero-order valence-corrected chi connectivity index (χ0v) is 19.2. The fourth-order valence-electron chi connectivity index (χ4n) is 3.58. The van der Waals surface area contributed by atoms with E-state index in [2.05, 4.69) is 15.6 Å². The van der Waals surface area contributed by atoms with Crippen LogP contribution in [0.15, 0.2) is 53.5 Å². The summed E-state index contributed by atoms with van der Waals surface area (Å²) in [6.07, 6.45) is -2.68. The van der Waals surface area contributed by atoms with Crippen LogP contribution in [-0.2, 0) is 4.79 Å². The Labute approximate surface area is 204 Å². The van der Waals surface area contributed by atoms with Gasteiger partial charge in [0.2, 0.25) is 0 Å². The molecule has 0 saturated carbocycles. The minimum atomic E-state index is -5.11. The predicted octanol–water partition coefficient (Wildman–Crippen LogP) is 3.95. The molecular formula is C23H23ClF3N5O3. The van der Waals surface area contributed by atoms with E-state index >= 15 is 0 Å². The lowest BCUT2D eigenvalue weighted by Crippen LogP contribution is -2.50. The molecule has 1 unspecified atom stereocenters. The van der Waals surface area contributed by atoms with Gasteiger partial charge in [0.15, 0.2) is 0 Å². The zero-order chi connectivity index (χ0) is 25.6. The molecule has 1 aliphatic heterocycles. The number of nitrogens with one attached hydrogen (secondary N) is 2. The molecule has 0 aromatic heterocycles. The molecule has 1 heterocycles. The van der Waals surface area contributed by atoms with Crippen LogP contribution in [0, 0.1) is 0 Å². The van der Waals surface area contributed by atoms with Gasteiger partial charge in [0.1, 0.15) is 5.84 Å². The van der Waals surface area contributed by atoms with Crippen LogP contribution in [0.5, 0.6) is 0 Å². The largest absolute Gasteiger partial charge is 0.473 e. The number of nitrogens with zero attached hydrogens (tertiary/aromatic N) is 2. The molecule has 2 aromatic rings. The van der Waals surface area contributed by atoms with Gasteiger partial charge in [-0.1, -0.05) is 17.7 Å². The van der Waals surface area contributed by atoms with Crippen LogP contribution >= 0.6 is 11.6 Å². The molecule has 0 spiro atoms. The maximum atomic E-state index is 12.9. The van der Waals surface area contributed by atoms with Crippen LogP contribution in [0.25, 0.3) is 0 Å². The first-order valence-electron chi connectivity index (χ1n) is 10.7. The summed E-state index contributed by atoms with van der Waals surface area (Å²) < 4.78 is 37.0. The van der Waals surface area contributed by atoms with E-state index in [1.165, 1.54) is 24.3 Å². The average molecular weight is 510 g/mol. The molecule has 12 heteroatoms. The lowest BCUT2D eigenvalue weighted by molar-refractivity contribution is -0.169. The maximum Gasteiger partial charge on any atom is 0.473 e. The summed E-state index contributed by atoms with van der Waals surface area (Å²) in [5, 5.41) is 6.01. The van der Waals surface area contributed by atoms with E-state index in [0.29, 0.717) is 29.2 Å². The van der Waals surface area contributed by atoms with E-state index in [1.54, 1.807) is 29.2 Å². The number of hydrogen-bond acceptors (Lipinski definition) is 3. The van der Waals surface area contributed by atoms with Crippen LogP contribution in [0.4, 0.5) is 23.7 Å². The van der Waals surface area contributed by atoms with Crippen molar-refractivity contribution < 1.29 is 27.6 Å². The number of hydrogen-bond donors (Lipinski definition) is 3. The molecule has 4 amide bonds. The Balaban J connectivity index is 1.60. The predicted molar refractivity (Wildman–Crippen MR) is 125 cm³/mol. The highest BCUT2D eigenvalue weighted by molar-refractivity contribution is 6.30. The van der Waals surface area contributed by atoms with E-state index in [4.69, 9.17) is 17.3 Å². The van der Waals surface area contributed by atoms with Gasteiger partial charge in [-0.25, -0.2) is 4.79 Å². The van der Waals surface area contributed by atoms with Crippen LogP contribution in [0.3, 0.4) is 0 Å². The summed E-state index contributed by atoms with van der Waals surface area (Å²) in [6.45, 7) is 0.763. The summed E-state index contributed by atoms with van der Waals surface area (Å²) in [7, 11) is 0. The van der Waals surface area contributed by atoms with Crippen molar-refractivity contribution in [2.45, 2.75) is 31.5 Å². The van der Waals surface area contributed by atoms with Crippen LogP contribution in [0.2, 0.25) is 5.02 Å². The highest BCUT2D eigenvalue weighted by Gasteiger charge is 2.38. The number of amidine groups is 1. The van der Waals surface area contributed by atoms with Gasteiger partial charge in [-0.3, -0.25) is 9.59 Å². The van der Waals surface area contributed by atoms with Crippen molar-refractivity contribution in [3.8, 4) is 0 Å². The second-order valence-corrected chi connectivity index (χ2v) is 8.31. The number of carbonyl (C=O) groups excluding carboxylic acids is 3. The van der Waals surface area contributed by atoms with Gasteiger partial charge < -0.3 is 21.3 Å². The lowest BCUT2D eigenvalue weighted by Gasteiger charge is -2.35. The van der Waals surface area contributed by atoms with Gasteiger partial charge in [0.25, 0.3) is 5.91 Å². The Morgan fingerprint density at radius 2 is 1.80 bits per heavy atom. The quantitative estimate of drug-likeness (QED) is 0.418. The second kappa shape index (κ2) is 11.2. The molecule has 186 valence electrons. The van der Waals surface area contributed by atoms with Crippen molar-refractivity contribution >= 4 is 41.0 Å². The standard InChI is InChI=1S/C23H23ClF3N5O3/c24-16-5-3-4-15(12-16)20(33)29-13-18-6-1-2-11-32(18)22(35)30-17-9-7-14(8-10-17)19(28)31-21(34)23(25,26)27/h3-5,7-10,12,18H,1-2,6,11,13H2,(H,29,33)(H,30,35)(H2,28,31,34). The molecule has 1 aliphatic rings. The molecule has 1 saturated heterocycles. The maximum absolute atomic E-state index is 12.9. The van der Waals surface area contributed by atoms with Crippen molar-refractivity contribution in [3.63, 3.8) is 0 Å². The zero-order valence-electron chi connectivity index (χ0n) is 18.4. The van der Waals surface area contributed by atoms with E-state index in [1.807, 2.05) is 0 Å². The SMILES string of the molecule is NC(=NC(=O)C(F)(F)F)c1ccc(NC(=O)N2CCCCC2CNC(=O)c2cccc(Cl)c2)cc1. The molecule has 0 bridgehead atoms. The molecular weight excluding hydrogens is 487 g/mol. The number of alkyl halides is 3. The number of amides is 4. The number of carbonyl (C=O) groups is 3. The van der Waals surface area contributed by atoms with Crippen molar-refractivity contribution in [3.05, 3.63) is 64.7 Å². The average Bonchev–Trinajstić information content (AvgIpc) is 2.82. The third kappa shape index (κ3) is 7.19. The number of likely N-dealkylation sites (tertiary alicyclic amines) is 1. The highest BCUT2D eigenvalue weighted by atomic mass is 35.5. The monoisotopic (exact) mass is 509 g/mol. The minimum absolute atomic E-state index is 0.0974. The Hall–Kier alpha value is -3.60. The summed E-state index contributed by atoms with van der Waals surface area (Å²) in [5.74, 6) is -3.18. The van der Waals surface area contributed by atoms with Crippen LogP contribution < -0.4 is 16.4 Å². The minimum Gasteiger partial charge on any atom is -0.383 e. The summed E-state index contributed by atoms with van der Waals surface area (Å²) in [6, 6.07) is 11.5. The number of anilines is 1. The Kier molecular flexibility index (Phi) is 8.34. The van der Waals surface area contributed by atoms with Crippen LogP contribution in [-0.4, -0.2) is 53.9 Å². The second-order valence-electron chi connectivity index (χ2n) is 7.87. The Bertz CT molecular complexity index is 1120. The smallest absolute Gasteiger partial charge is 0.383 e. The summed E-state index contributed by atoms with van der Waals surface area (Å²) in [5.41, 5.74) is 6.37. The normalized spacial score (nSPS) is 16.5. The van der Waals surface area contributed by atoms with E-state index in [0.717, 1.165) is 12.8 Å². The molecule has 8 nitrogen and oxygen atoms in total. The van der Waals surface area contributed by atoms with Gasteiger partial charge in [0, 0.05) is 34.9 Å². The van der Waals surface area contributed by atoms with Crippen molar-refractivity contribution in [1.82, 2.24) is 10.2 Å². The highest BCUT2D eigenvalue weighted by Crippen LogP contribution is 2.20. The molecule has 4 N–H and O–H groups in total. The summed E-state index contributed by atoms with van der Waals surface area (Å²) in [4.78, 5) is 40.8. The lowest BCUT2D eigenvalue weighted by atomic mass is 10.0. The number of aliphatic imine (C=N–C) groups is 1.